The van der Waals surface area contributed by atoms with Gasteiger partial charge in [0, 0.05) is 25.9 Å². The number of pyridine rings is 1. The van der Waals surface area contributed by atoms with Crippen LogP contribution in [-0.2, 0) is 4.79 Å². The van der Waals surface area contributed by atoms with E-state index >= 15 is 0 Å². The number of carbonyl (C=O) groups excluding carboxylic acids is 1. The minimum Gasteiger partial charge on any atom is -0.336 e. The summed E-state index contributed by atoms with van der Waals surface area (Å²) in [6, 6.07) is 4.26. The number of likely N-dealkylation sites (tertiary alicyclic amines) is 1. The average molecular weight is 190 g/mol. The largest absolute Gasteiger partial charge is 0.336 e. The minimum atomic E-state index is 0.171. The first-order valence-corrected chi connectivity index (χ1v) is 4.96. The summed E-state index contributed by atoms with van der Waals surface area (Å²) < 4.78 is 0. The Balaban J connectivity index is 2.22. The van der Waals surface area contributed by atoms with Crippen LogP contribution in [0.2, 0.25) is 0 Å². The van der Waals surface area contributed by atoms with E-state index < -0.39 is 0 Å². The molecule has 1 aliphatic heterocycles. The number of hydrogen-bond acceptors (Lipinski definition) is 2. The molecule has 0 aliphatic carbocycles. The molecule has 0 spiro atoms. The van der Waals surface area contributed by atoms with E-state index in [1.165, 1.54) is 5.56 Å². The van der Waals surface area contributed by atoms with Gasteiger partial charge >= 0.3 is 0 Å². The molecular formula is C11H14N2O. The van der Waals surface area contributed by atoms with Crippen LogP contribution < -0.4 is 0 Å². The number of rotatable bonds is 1. The van der Waals surface area contributed by atoms with Gasteiger partial charge in [-0.15, -0.1) is 0 Å². The first kappa shape index (κ1) is 9.19. The second-order valence-corrected chi connectivity index (χ2v) is 3.65. The Kier molecular flexibility index (Phi) is 2.48. The van der Waals surface area contributed by atoms with Crippen molar-refractivity contribution in [3.05, 3.63) is 30.1 Å². The van der Waals surface area contributed by atoms with Crippen molar-refractivity contribution < 1.29 is 4.79 Å². The molecule has 1 atom stereocenters. The third-order valence-electron chi connectivity index (χ3n) is 2.75. The smallest absolute Gasteiger partial charge is 0.219 e. The predicted molar refractivity (Wildman–Crippen MR) is 53.6 cm³/mol. The second kappa shape index (κ2) is 3.78. The Morgan fingerprint density at radius 1 is 1.50 bits per heavy atom. The van der Waals surface area contributed by atoms with Gasteiger partial charge in [0.25, 0.3) is 0 Å². The highest BCUT2D eigenvalue weighted by atomic mass is 16.2. The van der Waals surface area contributed by atoms with Crippen LogP contribution in [0.15, 0.2) is 24.5 Å². The Morgan fingerprint density at radius 3 is 2.86 bits per heavy atom. The molecule has 3 heteroatoms. The standard InChI is InChI=1S/C11H14N2O/c1-9(14)13-8-2-3-11(13)10-4-6-12-7-5-10/h4-7,11H,2-3,8H2,1H3/t11-/m0/s1. The number of aromatic nitrogens is 1. The molecule has 1 fully saturated rings. The van der Waals surface area contributed by atoms with E-state index in [2.05, 4.69) is 4.98 Å². The Hall–Kier alpha value is -1.38. The minimum absolute atomic E-state index is 0.171. The van der Waals surface area contributed by atoms with Crippen molar-refractivity contribution in [3.8, 4) is 0 Å². The quantitative estimate of drug-likeness (QED) is 0.676. The summed E-state index contributed by atoms with van der Waals surface area (Å²) >= 11 is 0. The van der Waals surface area contributed by atoms with Crippen LogP contribution in [0.1, 0.15) is 31.4 Å². The molecule has 1 amide bonds. The Morgan fingerprint density at radius 2 is 2.21 bits per heavy atom. The van der Waals surface area contributed by atoms with Crippen molar-refractivity contribution in [2.75, 3.05) is 6.54 Å². The van der Waals surface area contributed by atoms with E-state index in [4.69, 9.17) is 0 Å². The van der Waals surface area contributed by atoms with Crippen LogP contribution in [0.3, 0.4) is 0 Å². The van der Waals surface area contributed by atoms with Gasteiger partial charge < -0.3 is 4.90 Å². The van der Waals surface area contributed by atoms with Crippen molar-refractivity contribution in [2.24, 2.45) is 0 Å². The lowest BCUT2D eigenvalue weighted by molar-refractivity contribution is -0.129. The molecule has 0 aromatic carbocycles. The summed E-state index contributed by atoms with van der Waals surface area (Å²) in [6.45, 7) is 2.53. The van der Waals surface area contributed by atoms with E-state index in [0.29, 0.717) is 0 Å². The summed E-state index contributed by atoms with van der Waals surface area (Å²) in [4.78, 5) is 17.3. The first-order valence-electron chi connectivity index (χ1n) is 4.96. The fourth-order valence-corrected chi connectivity index (χ4v) is 2.08. The average Bonchev–Trinajstić information content (AvgIpc) is 2.67. The van der Waals surface area contributed by atoms with Gasteiger partial charge in [0.05, 0.1) is 6.04 Å². The monoisotopic (exact) mass is 190 g/mol. The van der Waals surface area contributed by atoms with Gasteiger partial charge in [-0.05, 0) is 30.5 Å². The van der Waals surface area contributed by atoms with Gasteiger partial charge in [-0.3, -0.25) is 9.78 Å². The van der Waals surface area contributed by atoms with E-state index in [0.717, 1.165) is 19.4 Å². The molecule has 3 nitrogen and oxygen atoms in total. The molecule has 0 saturated carbocycles. The lowest BCUT2D eigenvalue weighted by Gasteiger charge is -2.23. The fourth-order valence-electron chi connectivity index (χ4n) is 2.08. The van der Waals surface area contributed by atoms with E-state index in [1.807, 2.05) is 17.0 Å². The highest BCUT2D eigenvalue weighted by Gasteiger charge is 2.27. The lowest BCUT2D eigenvalue weighted by atomic mass is 10.1. The van der Waals surface area contributed by atoms with Crippen molar-refractivity contribution in [3.63, 3.8) is 0 Å². The van der Waals surface area contributed by atoms with Gasteiger partial charge in [0.15, 0.2) is 0 Å². The summed E-state index contributed by atoms with van der Waals surface area (Å²) in [5.41, 5.74) is 1.20. The first-order chi connectivity index (χ1) is 6.79. The molecule has 0 radical (unpaired) electrons. The molecule has 1 aromatic heterocycles. The number of carbonyl (C=O) groups is 1. The van der Waals surface area contributed by atoms with Gasteiger partial charge in [0.2, 0.25) is 5.91 Å². The molecule has 14 heavy (non-hydrogen) atoms. The van der Waals surface area contributed by atoms with Crippen molar-refractivity contribution >= 4 is 5.91 Å². The Labute approximate surface area is 83.8 Å². The van der Waals surface area contributed by atoms with Crippen LogP contribution in [0.5, 0.6) is 0 Å². The molecule has 2 heterocycles. The van der Waals surface area contributed by atoms with Gasteiger partial charge in [-0.2, -0.15) is 0 Å². The SMILES string of the molecule is CC(=O)N1CCC[C@H]1c1ccncc1. The molecule has 0 bridgehead atoms. The van der Waals surface area contributed by atoms with E-state index in [1.54, 1.807) is 19.3 Å². The molecule has 2 rings (SSSR count). The Bertz CT molecular complexity index is 323. The predicted octanol–water partition coefficient (Wildman–Crippen LogP) is 1.77. The maximum atomic E-state index is 11.3. The van der Waals surface area contributed by atoms with Crippen LogP contribution in [0.4, 0.5) is 0 Å². The fraction of sp³-hybridized carbons (Fsp3) is 0.455. The van der Waals surface area contributed by atoms with E-state index in [9.17, 15) is 4.79 Å². The molecule has 0 unspecified atom stereocenters. The maximum absolute atomic E-state index is 11.3. The third-order valence-corrected chi connectivity index (χ3v) is 2.75. The normalized spacial score (nSPS) is 21.2. The molecular weight excluding hydrogens is 176 g/mol. The van der Waals surface area contributed by atoms with Crippen molar-refractivity contribution in [1.29, 1.82) is 0 Å². The zero-order valence-corrected chi connectivity index (χ0v) is 8.31. The van der Waals surface area contributed by atoms with Crippen LogP contribution in [-0.4, -0.2) is 22.3 Å². The summed E-state index contributed by atoms with van der Waals surface area (Å²) in [5.74, 6) is 0.171. The topological polar surface area (TPSA) is 33.2 Å². The van der Waals surface area contributed by atoms with Crippen LogP contribution in [0.25, 0.3) is 0 Å². The zero-order valence-electron chi connectivity index (χ0n) is 8.31. The highest BCUT2D eigenvalue weighted by Crippen LogP contribution is 2.31. The second-order valence-electron chi connectivity index (χ2n) is 3.65. The molecule has 0 N–H and O–H groups in total. The lowest BCUT2D eigenvalue weighted by Crippen LogP contribution is -2.27. The highest BCUT2D eigenvalue weighted by molar-refractivity contribution is 5.74. The van der Waals surface area contributed by atoms with Gasteiger partial charge in [-0.25, -0.2) is 0 Å². The summed E-state index contributed by atoms with van der Waals surface area (Å²) in [7, 11) is 0. The molecule has 1 aromatic rings. The summed E-state index contributed by atoms with van der Waals surface area (Å²) in [6.07, 6.45) is 5.74. The number of nitrogens with zero attached hydrogens (tertiary/aromatic N) is 2. The molecule has 74 valence electrons. The third kappa shape index (κ3) is 1.62. The van der Waals surface area contributed by atoms with Gasteiger partial charge in [0.1, 0.15) is 0 Å². The number of amides is 1. The zero-order chi connectivity index (χ0) is 9.97. The van der Waals surface area contributed by atoms with Crippen LogP contribution >= 0.6 is 0 Å². The molecule has 1 aliphatic rings. The maximum Gasteiger partial charge on any atom is 0.219 e. The van der Waals surface area contributed by atoms with E-state index in [-0.39, 0.29) is 11.9 Å². The van der Waals surface area contributed by atoms with Crippen LogP contribution in [0, 0.1) is 0 Å². The molecule has 1 saturated heterocycles. The number of hydrogen-bond donors (Lipinski definition) is 0. The van der Waals surface area contributed by atoms with Crippen molar-refractivity contribution in [2.45, 2.75) is 25.8 Å². The summed E-state index contributed by atoms with van der Waals surface area (Å²) in [5, 5.41) is 0. The van der Waals surface area contributed by atoms with Gasteiger partial charge in [-0.1, -0.05) is 0 Å². The van der Waals surface area contributed by atoms with Crippen molar-refractivity contribution in [1.82, 2.24) is 9.88 Å².